The molecule has 3 N–H and O–H groups in total. The van der Waals surface area contributed by atoms with Gasteiger partial charge in [-0.15, -0.1) is 0 Å². The minimum Gasteiger partial charge on any atom is -0.468 e. The maximum Gasteiger partial charge on any atom is 0.224 e. The Hall–Kier alpha value is -2.80. The number of aliphatic imine (C=N–C) groups is 1. The quantitative estimate of drug-likeness (QED) is 0.404. The smallest absolute Gasteiger partial charge is 0.224 e. The number of piperidine rings is 1. The molecule has 7 nitrogen and oxygen atoms in total. The van der Waals surface area contributed by atoms with Crippen molar-refractivity contribution in [1.29, 1.82) is 0 Å². The fourth-order valence-electron chi connectivity index (χ4n) is 4.06. The molecule has 1 saturated heterocycles. The van der Waals surface area contributed by atoms with Crippen molar-refractivity contribution < 1.29 is 9.21 Å². The molecule has 0 aliphatic carbocycles. The number of nitrogens with zero attached hydrogens (tertiary/aromatic N) is 2. The number of anilines is 1. The van der Waals surface area contributed by atoms with Crippen molar-refractivity contribution in [3.63, 3.8) is 0 Å². The molecule has 174 valence electrons. The Balaban J connectivity index is 1.54. The lowest BCUT2D eigenvalue weighted by Crippen LogP contribution is -2.44. The van der Waals surface area contributed by atoms with Crippen LogP contribution >= 0.6 is 0 Å². The van der Waals surface area contributed by atoms with E-state index in [1.54, 1.807) is 13.3 Å². The summed E-state index contributed by atoms with van der Waals surface area (Å²) in [5, 5.41) is 9.82. The molecule has 0 bridgehead atoms. The maximum atomic E-state index is 12.1. The van der Waals surface area contributed by atoms with Crippen LogP contribution in [0.2, 0.25) is 0 Å². The van der Waals surface area contributed by atoms with E-state index in [4.69, 9.17) is 4.42 Å². The lowest BCUT2D eigenvalue weighted by atomic mass is 10.1. The van der Waals surface area contributed by atoms with Gasteiger partial charge in [-0.3, -0.25) is 14.7 Å². The van der Waals surface area contributed by atoms with Crippen LogP contribution in [0.1, 0.15) is 56.9 Å². The van der Waals surface area contributed by atoms with E-state index in [1.807, 2.05) is 44.2 Å². The molecule has 32 heavy (non-hydrogen) atoms. The molecular formula is C25H37N5O2. The van der Waals surface area contributed by atoms with Crippen LogP contribution in [0.5, 0.6) is 0 Å². The Bertz CT molecular complexity index is 857. The summed E-state index contributed by atoms with van der Waals surface area (Å²) in [4.78, 5) is 18.9. The number of benzene rings is 1. The molecule has 1 unspecified atom stereocenters. The molecular weight excluding hydrogens is 402 g/mol. The van der Waals surface area contributed by atoms with E-state index in [1.165, 1.54) is 19.3 Å². The third-order valence-electron chi connectivity index (χ3n) is 5.65. The summed E-state index contributed by atoms with van der Waals surface area (Å²) in [6.45, 7) is 7.60. The van der Waals surface area contributed by atoms with Gasteiger partial charge in [0.2, 0.25) is 5.91 Å². The lowest BCUT2D eigenvalue weighted by Gasteiger charge is -2.33. The van der Waals surface area contributed by atoms with E-state index in [-0.39, 0.29) is 11.9 Å². The average Bonchev–Trinajstić information content (AvgIpc) is 3.31. The summed E-state index contributed by atoms with van der Waals surface area (Å²) in [6, 6.07) is 12.1. The van der Waals surface area contributed by atoms with E-state index in [0.717, 1.165) is 42.6 Å². The second kappa shape index (κ2) is 12.3. The molecule has 0 radical (unpaired) electrons. The predicted molar refractivity (Wildman–Crippen MR) is 130 cm³/mol. The Kier molecular flexibility index (Phi) is 9.16. The standard InChI is InChI=1S/C25H37N5O2/c1-19(2)15-24(31)29-21-10-7-9-20(16-21)17-27-25(26-3)28-18-22(23-11-8-14-32-23)30-12-5-4-6-13-30/h7-11,14,16,19,22H,4-6,12-13,15,17-18H2,1-3H3,(H,29,31)(H2,26,27,28). The predicted octanol–water partition coefficient (Wildman–Crippen LogP) is 4.16. The lowest BCUT2D eigenvalue weighted by molar-refractivity contribution is -0.116. The third-order valence-corrected chi connectivity index (χ3v) is 5.65. The highest BCUT2D eigenvalue weighted by atomic mass is 16.3. The van der Waals surface area contributed by atoms with Crippen molar-refractivity contribution in [2.75, 3.05) is 32.0 Å². The number of carbonyl (C=O) groups excluding carboxylic acids is 1. The van der Waals surface area contributed by atoms with Crippen LogP contribution in [0.15, 0.2) is 52.1 Å². The van der Waals surface area contributed by atoms with E-state index >= 15 is 0 Å². The van der Waals surface area contributed by atoms with Gasteiger partial charge in [0, 0.05) is 32.2 Å². The number of nitrogens with one attached hydrogen (secondary N) is 3. The van der Waals surface area contributed by atoms with E-state index in [9.17, 15) is 4.79 Å². The number of rotatable bonds is 9. The van der Waals surface area contributed by atoms with Crippen molar-refractivity contribution >= 4 is 17.6 Å². The van der Waals surface area contributed by atoms with Crippen LogP contribution in [0.4, 0.5) is 5.69 Å². The average molecular weight is 440 g/mol. The van der Waals surface area contributed by atoms with Gasteiger partial charge >= 0.3 is 0 Å². The van der Waals surface area contributed by atoms with E-state index in [0.29, 0.717) is 18.9 Å². The Morgan fingerprint density at radius 2 is 1.94 bits per heavy atom. The summed E-state index contributed by atoms with van der Waals surface area (Å²) in [7, 11) is 1.78. The van der Waals surface area contributed by atoms with Gasteiger partial charge in [-0.05, 0) is 61.7 Å². The van der Waals surface area contributed by atoms with Crippen molar-refractivity contribution in [2.24, 2.45) is 10.9 Å². The summed E-state index contributed by atoms with van der Waals surface area (Å²) < 4.78 is 5.74. The zero-order chi connectivity index (χ0) is 22.8. The first-order valence-corrected chi connectivity index (χ1v) is 11.7. The van der Waals surface area contributed by atoms with Gasteiger partial charge in [0.1, 0.15) is 5.76 Å². The molecule has 2 aromatic rings. The van der Waals surface area contributed by atoms with Crippen molar-refractivity contribution in [2.45, 2.75) is 52.1 Å². The normalized spacial score (nSPS) is 16.1. The fraction of sp³-hybridized carbons (Fsp3) is 0.520. The number of carbonyl (C=O) groups is 1. The van der Waals surface area contributed by atoms with Crippen LogP contribution in [0.25, 0.3) is 0 Å². The van der Waals surface area contributed by atoms with E-state index < -0.39 is 0 Å². The van der Waals surface area contributed by atoms with Gasteiger partial charge in [-0.2, -0.15) is 0 Å². The summed E-state index contributed by atoms with van der Waals surface area (Å²) in [5.41, 5.74) is 1.90. The highest BCUT2D eigenvalue weighted by Crippen LogP contribution is 2.24. The number of guanidine groups is 1. The first-order chi connectivity index (χ1) is 15.5. The Labute approximate surface area is 191 Å². The third kappa shape index (κ3) is 7.41. The van der Waals surface area contributed by atoms with Gasteiger partial charge in [0.25, 0.3) is 0 Å². The number of hydrogen-bond acceptors (Lipinski definition) is 4. The van der Waals surface area contributed by atoms with Crippen LogP contribution < -0.4 is 16.0 Å². The first kappa shape index (κ1) is 23.9. The minimum atomic E-state index is 0.0456. The second-order valence-corrected chi connectivity index (χ2v) is 8.78. The molecule has 1 amide bonds. The van der Waals surface area contributed by atoms with Gasteiger partial charge in [-0.1, -0.05) is 32.4 Å². The highest BCUT2D eigenvalue weighted by molar-refractivity contribution is 5.90. The van der Waals surface area contributed by atoms with Crippen molar-refractivity contribution in [1.82, 2.24) is 15.5 Å². The zero-order valence-electron chi connectivity index (χ0n) is 19.6. The molecule has 7 heteroatoms. The zero-order valence-corrected chi connectivity index (χ0v) is 19.6. The number of likely N-dealkylation sites (tertiary alicyclic amines) is 1. The topological polar surface area (TPSA) is 81.9 Å². The second-order valence-electron chi connectivity index (χ2n) is 8.78. The fourth-order valence-corrected chi connectivity index (χ4v) is 4.06. The van der Waals surface area contributed by atoms with Gasteiger partial charge < -0.3 is 20.4 Å². The molecule has 1 aliphatic rings. The van der Waals surface area contributed by atoms with Crippen molar-refractivity contribution in [3.05, 3.63) is 54.0 Å². The number of hydrogen-bond donors (Lipinski definition) is 3. The Morgan fingerprint density at radius 3 is 2.62 bits per heavy atom. The molecule has 1 atom stereocenters. The molecule has 2 heterocycles. The van der Waals surface area contributed by atoms with Crippen LogP contribution in [0, 0.1) is 5.92 Å². The molecule has 3 rings (SSSR count). The first-order valence-electron chi connectivity index (χ1n) is 11.7. The minimum absolute atomic E-state index is 0.0456. The monoisotopic (exact) mass is 439 g/mol. The SMILES string of the molecule is CN=C(NCc1cccc(NC(=O)CC(C)C)c1)NCC(c1ccco1)N1CCCCC1. The number of furan rings is 1. The maximum absolute atomic E-state index is 12.1. The van der Waals surface area contributed by atoms with Gasteiger partial charge in [-0.25, -0.2) is 0 Å². The molecule has 1 aromatic heterocycles. The van der Waals surface area contributed by atoms with E-state index in [2.05, 4.69) is 31.9 Å². The number of amides is 1. The molecule has 1 aliphatic heterocycles. The van der Waals surface area contributed by atoms with Gasteiger partial charge in [0.15, 0.2) is 5.96 Å². The molecule has 1 fully saturated rings. The largest absolute Gasteiger partial charge is 0.468 e. The molecule has 0 saturated carbocycles. The van der Waals surface area contributed by atoms with Gasteiger partial charge in [0.05, 0.1) is 12.3 Å². The van der Waals surface area contributed by atoms with Crippen LogP contribution in [-0.4, -0.2) is 43.4 Å². The Morgan fingerprint density at radius 1 is 1.12 bits per heavy atom. The van der Waals surface area contributed by atoms with Crippen LogP contribution in [-0.2, 0) is 11.3 Å². The summed E-state index contributed by atoms with van der Waals surface area (Å²) >= 11 is 0. The molecule has 1 aromatic carbocycles. The highest BCUT2D eigenvalue weighted by Gasteiger charge is 2.24. The summed E-state index contributed by atoms with van der Waals surface area (Å²) in [6.07, 6.45) is 6.02. The van der Waals surface area contributed by atoms with Crippen LogP contribution in [0.3, 0.4) is 0 Å². The van der Waals surface area contributed by atoms with Crippen molar-refractivity contribution in [3.8, 4) is 0 Å². The summed E-state index contributed by atoms with van der Waals surface area (Å²) in [5.74, 6) is 2.11. The molecule has 0 spiro atoms.